The van der Waals surface area contributed by atoms with Gasteiger partial charge in [0, 0.05) is 36.3 Å². The molecule has 3 aromatic rings. The van der Waals surface area contributed by atoms with Gasteiger partial charge in [0.25, 0.3) is 6.43 Å². The molecule has 150 valence electrons. The van der Waals surface area contributed by atoms with E-state index in [2.05, 4.69) is 25.4 Å². The number of nitrogens with zero attached hydrogens (tertiary/aromatic N) is 6. The van der Waals surface area contributed by atoms with Gasteiger partial charge in [-0.05, 0) is 12.1 Å². The van der Waals surface area contributed by atoms with E-state index in [0.717, 1.165) is 4.68 Å². The smallest absolute Gasteiger partial charge is 0.257 e. The molecule has 3 N–H and O–H groups in total. The van der Waals surface area contributed by atoms with Crippen LogP contribution in [0.15, 0.2) is 30.7 Å². The van der Waals surface area contributed by atoms with Gasteiger partial charge in [-0.2, -0.15) is 10.4 Å². The Morgan fingerprint density at radius 2 is 2.21 bits per heavy atom. The molecule has 0 spiro atoms. The standard InChI is InChI=1S/C18H18F2N8O/c1-29-14-7-11(8-25-17(14)22)16-12(9-28(27-16)10-15(19)20)13-3-6-24-18(26-13)23-5-2-4-21/h3,6-9,15H,2,5,10H2,1H3,(H2,22,25)(H,23,24,26). The molecule has 0 bridgehead atoms. The number of pyridine rings is 1. The number of nitrogens with one attached hydrogen (secondary N) is 1. The van der Waals surface area contributed by atoms with Crippen molar-refractivity contribution in [3.8, 4) is 34.3 Å². The molecule has 0 radical (unpaired) electrons. The number of ether oxygens (including phenoxy) is 1. The largest absolute Gasteiger partial charge is 0.493 e. The lowest BCUT2D eigenvalue weighted by molar-refractivity contribution is 0.122. The number of methoxy groups -OCH3 is 1. The van der Waals surface area contributed by atoms with Crippen LogP contribution >= 0.6 is 0 Å². The van der Waals surface area contributed by atoms with Gasteiger partial charge in [-0.15, -0.1) is 0 Å². The number of hydrogen-bond acceptors (Lipinski definition) is 8. The van der Waals surface area contributed by atoms with Gasteiger partial charge in [-0.25, -0.2) is 23.7 Å². The molecule has 0 saturated carbocycles. The Morgan fingerprint density at radius 3 is 2.93 bits per heavy atom. The third-order valence-electron chi connectivity index (χ3n) is 3.91. The van der Waals surface area contributed by atoms with Gasteiger partial charge < -0.3 is 15.8 Å². The second-order valence-corrected chi connectivity index (χ2v) is 5.92. The summed E-state index contributed by atoms with van der Waals surface area (Å²) in [6.45, 7) is -0.179. The molecule has 0 saturated heterocycles. The lowest BCUT2D eigenvalue weighted by atomic mass is 10.1. The average Bonchev–Trinajstić information content (AvgIpc) is 3.12. The zero-order valence-corrected chi connectivity index (χ0v) is 15.5. The van der Waals surface area contributed by atoms with Gasteiger partial charge in [0.05, 0.1) is 25.3 Å². The minimum absolute atomic E-state index is 0.204. The van der Waals surface area contributed by atoms with Gasteiger partial charge in [0.1, 0.15) is 12.2 Å². The molecule has 3 aromatic heterocycles. The predicted molar refractivity (Wildman–Crippen MR) is 102 cm³/mol. The average molecular weight is 400 g/mol. The number of nitrogens with two attached hydrogens (primary N) is 1. The number of alkyl halides is 2. The fourth-order valence-electron chi connectivity index (χ4n) is 2.63. The van der Waals surface area contributed by atoms with Gasteiger partial charge in [0.2, 0.25) is 5.95 Å². The first-order valence-corrected chi connectivity index (χ1v) is 8.61. The van der Waals surface area contributed by atoms with Crippen molar-refractivity contribution >= 4 is 11.8 Å². The second-order valence-electron chi connectivity index (χ2n) is 5.92. The van der Waals surface area contributed by atoms with Gasteiger partial charge in [-0.3, -0.25) is 4.68 Å². The normalized spacial score (nSPS) is 10.7. The minimum Gasteiger partial charge on any atom is -0.493 e. The highest BCUT2D eigenvalue weighted by molar-refractivity contribution is 5.79. The van der Waals surface area contributed by atoms with E-state index in [-0.39, 0.29) is 5.82 Å². The van der Waals surface area contributed by atoms with E-state index in [0.29, 0.717) is 47.2 Å². The Bertz CT molecular complexity index is 1030. The van der Waals surface area contributed by atoms with Crippen LogP contribution < -0.4 is 15.8 Å². The zero-order chi connectivity index (χ0) is 20.8. The summed E-state index contributed by atoms with van der Waals surface area (Å²) in [4.78, 5) is 12.6. The number of halogens is 2. The molecule has 0 aromatic carbocycles. The number of nitrogen functional groups attached to an aromatic ring is 1. The number of rotatable bonds is 8. The van der Waals surface area contributed by atoms with E-state index in [1.807, 2.05) is 6.07 Å². The van der Waals surface area contributed by atoms with Crippen LogP contribution in [0, 0.1) is 11.3 Å². The van der Waals surface area contributed by atoms with Crippen molar-refractivity contribution in [2.45, 2.75) is 19.4 Å². The monoisotopic (exact) mass is 400 g/mol. The highest BCUT2D eigenvalue weighted by Crippen LogP contribution is 2.33. The summed E-state index contributed by atoms with van der Waals surface area (Å²) in [6.07, 6.45) is 2.24. The van der Waals surface area contributed by atoms with E-state index in [1.165, 1.54) is 25.7 Å². The summed E-state index contributed by atoms with van der Waals surface area (Å²) >= 11 is 0. The summed E-state index contributed by atoms with van der Waals surface area (Å²) in [6, 6.07) is 5.30. The van der Waals surface area contributed by atoms with Crippen LogP contribution in [0.1, 0.15) is 6.42 Å². The van der Waals surface area contributed by atoms with E-state index in [1.54, 1.807) is 12.1 Å². The van der Waals surface area contributed by atoms with Crippen molar-refractivity contribution in [1.82, 2.24) is 24.7 Å². The van der Waals surface area contributed by atoms with Crippen molar-refractivity contribution in [3.63, 3.8) is 0 Å². The first-order valence-electron chi connectivity index (χ1n) is 8.61. The quantitative estimate of drug-likeness (QED) is 0.552. The molecule has 0 atom stereocenters. The maximum absolute atomic E-state index is 12.9. The van der Waals surface area contributed by atoms with Crippen LogP contribution in [0.3, 0.4) is 0 Å². The molecule has 0 fully saturated rings. The van der Waals surface area contributed by atoms with Crippen LogP contribution in [0.5, 0.6) is 5.75 Å². The van der Waals surface area contributed by atoms with Crippen LogP contribution in [0.4, 0.5) is 20.5 Å². The highest BCUT2D eigenvalue weighted by atomic mass is 19.3. The summed E-state index contributed by atoms with van der Waals surface area (Å²) in [5, 5.41) is 15.9. The molecule has 3 heterocycles. The van der Waals surface area contributed by atoms with E-state index in [4.69, 9.17) is 15.7 Å². The Morgan fingerprint density at radius 1 is 1.38 bits per heavy atom. The van der Waals surface area contributed by atoms with E-state index >= 15 is 0 Å². The van der Waals surface area contributed by atoms with Crippen LogP contribution in [-0.2, 0) is 6.54 Å². The first-order chi connectivity index (χ1) is 14.0. The molecular weight excluding hydrogens is 382 g/mol. The Balaban J connectivity index is 2.05. The van der Waals surface area contributed by atoms with Crippen molar-refractivity contribution in [3.05, 3.63) is 30.7 Å². The first kappa shape index (κ1) is 19.9. The molecule has 0 aliphatic heterocycles. The van der Waals surface area contributed by atoms with Gasteiger partial charge in [0.15, 0.2) is 11.6 Å². The van der Waals surface area contributed by atoms with Crippen molar-refractivity contribution < 1.29 is 13.5 Å². The highest BCUT2D eigenvalue weighted by Gasteiger charge is 2.18. The Labute approximate surface area is 165 Å². The SMILES string of the molecule is COc1cc(-c2nn(CC(F)F)cc2-c2ccnc(NCCC#N)n2)cnc1N. The van der Waals surface area contributed by atoms with E-state index in [9.17, 15) is 8.78 Å². The number of hydrogen-bond donors (Lipinski definition) is 2. The lowest BCUT2D eigenvalue weighted by Crippen LogP contribution is -2.06. The van der Waals surface area contributed by atoms with Crippen LogP contribution in [-0.4, -0.2) is 44.8 Å². The predicted octanol–water partition coefficient (Wildman–Crippen LogP) is 2.58. The molecule has 3 rings (SSSR count). The number of anilines is 2. The van der Waals surface area contributed by atoms with Crippen LogP contribution in [0.2, 0.25) is 0 Å². The van der Waals surface area contributed by atoms with Gasteiger partial charge >= 0.3 is 0 Å². The van der Waals surface area contributed by atoms with Crippen molar-refractivity contribution in [1.29, 1.82) is 5.26 Å². The Hall–Kier alpha value is -3.81. The van der Waals surface area contributed by atoms with Crippen molar-refractivity contribution in [2.75, 3.05) is 24.7 Å². The summed E-state index contributed by atoms with van der Waals surface area (Å²) in [5.41, 5.74) is 7.70. The number of aromatic nitrogens is 5. The van der Waals surface area contributed by atoms with Crippen LogP contribution in [0.25, 0.3) is 22.5 Å². The molecule has 0 amide bonds. The molecule has 11 heteroatoms. The van der Waals surface area contributed by atoms with E-state index < -0.39 is 13.0 Å². The lowest BCUT2D eigenvalue weighted by Gasteiger charge is -2.07. The topological polar surface area (TPSA) is 128 Å². The van der Waals surface area contributed by atoms with Crippen molar-refractivity contribution in [2.24, 2.45) is 0 Å². The zero-order valence-electron chi connectivity index (χ0n) is 15.5. The fourth-order valence-corrected chi connectivity index (χ4v) is 2.63. The molecule has 29 heavy (non-hydrogen) atoms. The number of nitriles is 1. The summed E-state index contributed by atoms with van der Waals surface area (Å²) < 4.78 is 32.2. The molecule has 9 nitrogen and oxygen atoms in total. The second kappa shape index (κ2) is 8.92. The molecule has 0 aliphatic carbocycles. The van der Waals surface area contributed by atoms with Gasteiger partial charge in [-0.1, -0.05) is 0 Å². The summed E-state index contributed by atoms with van der Waals surface area (Å²) in [5.74, 6) is 0.868. The minimum atomic E-state index is -2.57. The molecular formula is C18H18F2N8O. The maximum atomic E-state index is 12.9. The third-order valence-corrected chi connectivity index (χ3v) is 3.91. The Kier molecular flexibility index (Phi) is 6.13. The maximum Gasteiger partial charge on any atom is 0.257 e. The summed E-state index contributed by atoms with van der Waals surface area (Å²) in [7, 11) is 1.46. The molecule has 0 aliphatic rings. The fraction of sp³-hybridized carbons (Fsp3) is 0.278. The third kappa shape index (κ3) is 4.73. The molecule has 0 unspecified atom stereocenters.